The van der Waals surface area contributed by atoms with Gasteiger partial charge in [-0.25, -0.2) is 0 Å². The average molecular weight is 378 g/mol. The topological polar surface area (TPSA) is 56.8 Å². The summed E-state index contributed by atoms with van der Waals surface area (Å²) in [5.74, 6) is 1.89. The Kier molecular flexibility index (Phi) is 7.16. The van der Waals surface area contributed by atoms with Gasteiger partial charge in [0.05, 0.1) is 26.5 Å². The highest BCUT2D eigenvalue weighted by atomic mass is 35.5. The molecule has 5 nitrogen and oxygen atoms in total. The maximum Gasteiger partial charge on any atom is 0.224 e. The number of carbonyl (C=O) groups excluding carboxylic acids is 1. The molecule has 2 aromatic rings. The molecule has 1 N–H and O–H groups in total. The van der Waals surface area contributed by atoms with E-state index in [1.807, 2.05) is 26.0 Å². The van der Waals surface area contributed by atoms with Gasteiger partial charge in [0.25, 0.3) is 0 Å². The van der Waals surface area contributed by atoms with E-state index in [0.717, 1.165) is 21.9 Å². The van der Waals surface area contributed by atoms with Crippen LogP contribution in [0, 0.1) is 13.8 Å². The molecule has 0 fully saturated rings. The molecule has 0 aromatic heterocycles. The number of amides is 1. The van der Waals surface area contributed by atoms with Crippen LogP contribution in [0.1, 0.15) is 24.0 Å². The zero-order valence-electron chi connectivity index (χ0n) is 15.5. The van der Waals surface area contributed by atoms with E-state index in [-0.39, 0.29) is 5.91 Å². The monoisotopic (exact) mass is 377 g/mol. The lowest BCUT2D eigenvalue weighted by molar-refractivity contribution is -0.116. The Bertz CT molecular complexity index is 753. The molecule has 0 saturated carbocycles. The van der Waals surface area contributed by atoms with Crippen molar-refractivity contribution in [2.45, 2.75) is 26.7 Å². The zero-order valence-corrected chi connectivity index (χ0v) is 16.3. The van der Waals surface area contributed by atoms with Gasteiger partial charge in [-0.05, 0) is 55.7 Å². The Morgan fingerprint density at radius 3 is 2.35 bits per heavy atom. The number of halogens is 1. The number of hydrogen-bond donors (Lipinski definition) is 1. The van der Waals surface area contributed by atoms with E-state index >= 15 is 0 Å². The summed E-state index contributed by atoms with van der Waals surface area (Å²) >= 11 is 6.15. The van der Waals surface area contributed by atoms with Crippen molar-refractivity contribution in [2.75, 3.05) is 26.1 Å². The fourth-order valence-electron chi connectivity index (χ4n) is 2.53. The first kappa shape index (κ1) is 19.9. The number of carbonyl (C=O) groups is 1. The van der Waals surface area contributed by atoms with Crippen molar-refractivity contribution in [3.8, 4) is 17.2 Å². The van der Waals surface area contributed by atoms with Crippen LogP contribution in [0.25, 0.3) is 0 Å². The first-order chi connectivity index (χ1) is 12.4. The highest BCUT2D eigenvalue weighted by molar-refractivity contribution is 6.32. The fourth-order valence-corrected chi connectivity index (χ4v) is 2.64. The second-order valence-electron chi connectivity index (χ2n) is 5.94. The Hall–Kier alpha value is -2.40. The Morgan fingerprint density at radius 1 is 1.04 bits per heavy atom. The molecule has 0 spiro atoms. The summed E-state index contributed by atoms with van der Waals surface area (Å²) in [5, 5.41) is 3.60. The van der Waals surface area contributed by atoms with Crippen LogP contribution in [-0.4, -0.2) is 26.7 Å². The van der Waals surface area contributed by atoms with Gasteiger partial charge in [-0.1, -0.05) is 11.6 Å². The minimum Gasteiger partial charge on any atom is -0.497 e. The second kappa shape index (κ2) is 9.34. The molecule has 0 unspecified atom stereocenters. The van der Waals surface area contributed by atoms with Gasteiger partial charge in [0.2, 0.25) is 5.91 Å². The van der Waals surface area contributed by atoms with Crippen LogP contribution < -0.4 is 19.5 Å². The second-order valence-corrected chi connectivity index (χ2v) is 6.32. The van der Waals surface area contributed by atoms with Crippen LogP contribution in [0.5, 0.6) is 17.2 Å². The molecule has 0 aliphatic heterocycles. The van der Waals surface area contributed by atoms with Crippen LogP contribution in [-0.2, 0) is 4.79 Å². The maximum absolute atomic E-state index is 12.1. The number of rotatable bonds is 8. The summed E-state index contributed by atoms with van der Waals surface area (Å²) in [4.78, 5) is 12.1. The van der Waals surface area contributed by atoms with Crippen molar-refractivity contribution in [1.29, 1.82) is 0 Å². The van der Waals surface area contributed by atoms with E-state index < -0.39 is 0 Å². The van der Waals surface area contributed by atoms with Gasteiger partial charge in [0.15, 0.2) is 0 Å². The van der Waals surface area contributed by atoms with Crippen molar-refractivity contribution in [2.24, 2.45) is 0 Å². The summed E-state index contributed by atoms with van der Waals surface area (Å²) in [5.41, 5.74) is 2.57. The highest BCUT2D eigenvalue weighted by Gasteiger charge is 2.09. The minimum absolute atomic E-state index is 0.0967. The van der Waals surface area contributed by atoms with Crippen molar-refractivity contribution in [1.82, 2.24) is 0 Å². The lowest BCUT2D eigenvalue weighted by atomic mass is 10.1. The largest absolute Gasteiger partial charge is 0.497 e. The normalized spacial score (nSPS) is 10.3. The zero-order chi connectivity index (χ0) is 19.1. The molecule has 140 valence electrons. The van der Waals surface area contributed by atoms with Crippen LogP contribution in [0.15, 0.2) is 30.3 Å². The lowest BCUT2D eigenvalue weighted by Crippen LogP contribution is -2.13. The third-order valence-electron chi connectivity index (χ3n) is 3.91. The van der Waals surface area contributed by atoms with Gasteiger partial charge in [0.1, 0.15) is 17.2 Å². The predicted molar refractivity (Wildman–Crippen MR) is 104 cm³/mol. The van der Waals surface area contributed by atoms with E-state index in [4.69, 9.17) is 25.8 Å². The van der Waals surface area contributed by atoms with Gasteiger partial charge >= 0.3 is 0 Å². The molecule has 2 aromatic carbocycles. The van der Waals surface area contributed by atoms with E-state index in [0.29, 0.717) is 36.6 Å². The molecule has 0 saturated heterocycles. The molecule has 0 radical (unpaired) electrons. The summed E-state index contributed by atoms with van der Waals surface area (Å²) in [6.45, 7) is 4.34. The molecule has 0 heterocycles. The third kappa shape index (κ3) is 5.30. The van der Waals surface area contributed by atoms with Crippen LogP contribution in [0.3, 0.4) is 0 Å². The molecule has 0 aliphatic carbocycles. The van der Waals surface area contributed by atoms with Crippen molar-refractivity contribution >= 4 is 23.2 Å². The first-order valence-electron chi connectivity index (χ1n) is 8.36. The first-order valence-corrected chi connectivity index (χ1v) is 8.73. The molecule has 0 bridgehead atoms. The number of ether oxygens (including phenoxy) is 3. The predicted octanol–water partition coefficient (Wildman–Crippen LogP) is 4.77. The van der Waals surface area contributed by atoms with Crippen LogP contribution in [0.4, 0.5) is 5.69 Å². The van der Waals surface area contributed by atoms with E-state index in [1.54, 1.807) is 32.4 Å². The standard InChI is InChI=1S/C20H24ClNO4/c1-13-10-16(11-14(2)20(13)21)26-9-5-6-19(23)22-17-8-7-15(24-3)12-18(17)25-4/h7-8,10-12H,5-6,9H2,1-4H3,(H,22,23). The van der Waals surface area contributed by atoms with E-state index in [1.165, 1.54) is 0 Å². The summed E-state index contributed by atoms with van der Waals surface area (Å²) < 4.78 is 16.1. The van der Waals surface area contributed by atoms with Gasteiger partial charge in [-0.15, -0.1) is 0 Å². The lowest BCUT2D eigenvalue weighted by Gasteiger charge is -2.12. The third-order valence-corrected chi connectivity index (χ3v) is 4.51. The van der Waals surface area contributed by atoms with Crippen molar-refractivity contribution in [3.63, 3.8) is 0 Å². The van der Waals surface area contributed by atoms with E-state index in [2.05, 4.69) is 5.32 Å². The van der Waals surface area contributed by atoms with Crippen molar-refractivity contribution < 1.29 is 19.0 Å². The fraction of sp³-hybridized carbons (Fsp3) is 0.350. The van der Waals surface area contributed by atoms with Crippen LogP contribution in [0.2, 0.25) is 5.02 Å². The van der Waals surface area contributed by atoms with Gasteiger partial charge in [-0.3, -0.25) is 4.79 Å². The molecule has 0 aliphatic rings. The molecular weight excluding hydrogens is 354 g/mol. The highest BCUT2D eigenvalue weighted by Crippen LogP contribution is 2.29. The number of anilines is 1. The summed E-state index contributed by atoms with van der Waals surface area (Å²) in [6, 6.07) is 9.05. The molecule has 26 heavy (non-hydrogen) atoms. The minimum atomic E-state index is -0.0967. The molecule has 2 rings (SSSR count). The smallest absolute Gasteiger partial charge is 0.224 e. The quantitative estimate of drug-likeness (QED) is 0.673. The SMILES string of the molecule is COc1ccc(NC(=O)CCCOc2cc(C)c(Cl)c(C)c2)c(OC)c1. The Labute approximate surface area is 159 Å². The van der Waals surface area contributed by atoms with Gasteiger partial charge in [-0.2, -0.15) is 0 Å². The Morgan fingerprint density at radius 2 is 1.73 bits per heavy atom. The molecule has 1 amide bonds. The van der Waals surface area contributed by atoms with Crippen molar-refractivity contribution in [3.05, 3.63) is 46.5 Å². The maximum atomic E-state index is 12.1. The molecule has 0 atom stereocenters. The molecular formula is C20H24ClNO4. The number of hydrogen-bond acceptors (Lipinski definition) is 4. The summed E-state index contributed by atoms with van der Waals surface area (Å²) in [6.07, 6.45) is 0.950. The van der Waals surface area contributed by atoms with E-state index in [9.17, 15) is 4.79 Å². The molecule has 6 heteroatoms. The number of methoxy groups -OCH3 is 2. The number of aryl methyl sites for hydroxylation is 2. The van der Waals surface area contributed by atoms with Gasteiger partial charge < -0.3 is 19.5 Å². The van der Waals surface area contributed by atoms with Crippen LogP contribution >= 0.6 is 11.6 Å². The number of benzene rings is 2. The Balaban J connectivity index is 1.82. The average Bonchev–Trinajstić information content (AvgIpc) is 2.63. The summed E-state index contributed by atoms with van der Waals surface area (Å²) in [7, 11) is 3.13. The number of nitrogens with one attached hydrogen (secondary N) is 1. The van der Waals surface area contributed by atoms with Gasteiger partial charge in [0, 0.05) is 17.5 Å².